The van der Waals surface area contributed by atoms with E-state index in [0.717, 1.165) is 27.6 Å². The van der Waals surface area contributed by atoms with Gasteiger partial charge < -0.3 is 0 Å². The lowest BCUT2D eigenvalue weighted by Crippen LogP contribution is -2.29. The van der Waals surface area contributed by atoms with Gasteiger partial charge in [0, 0.05) is 24.0 Å². The summed E-state index contributed by atoms with van der Waals surface area (Å²) >= 11 is 0. The summed E-state index contributed by atoms with van der Waals surface area (Å²) in [5.74, 6) is 5.75. The van der Waals surface area contributed by atoms with E-state index in [1.165, 1.54) is 0 Å². The molecule has 0 aliphatic heterocycles. The topological polar surface area (TPSA) is 63.8 Å². The fraction of sp³-hybridized carbons (Fsp3) is 0.125. The van der Waals surface area contributed by atoms with Crippen LogP contribution in [0.15, 0.2) is 55.0 Å². The van der Waals surface area contributed by atoms with Crippen molar-refractivity contribution in [3.8, 4) is 0 Å². The first-order valence-corrected chi connectivity index (χ1v) is 6.51. The molecule has 0 amide bonds. The highest BCUT2D eigenvalue weighted by molar-refractivity contribution is 5.79. The zero-order valence-electron chi connectivity index (χ0n) is 11.2. The molecule has 3 rings (SSSR count). The summed E-state index contributed by atoms with van der Waals surface area (Å²) in [6.07, 6.45) is 5.43. The lowest BCUT2D eigenvalue weighted by Gasteiger charge is -2.18. The lowest BCUT2D eigenvalue weighted by molar-refractivity contribution is 0.632. The highest BCUT2D eigenvalue weighted by Gasteiger charge is 2.15. The van der Waals surface area contributed by atoms with Crippen molar-refractivity contribution in [2.75, 3.05) is 0 Å². The SMILES string of the molecule is Cc1ccncc1C(NN)c1ccc2cccnc2c1. The molecule has 1 unspecified atom stereocenters. The van der Waals surface area contributed by atoms with Gasteiger partial charge in [-0.1, -0.05) is 18.2 Å². The third-order valence-corrected chi connectivity index (χ3v) is 3.52. The summed E-state index contributed by atoms with van der Waals surface area (Å²) in [4.78, 5) is 8.58. The van der Waals surface area contributed by atoms with Crippen molar-refractivity contribution in [2.45, 2.75) is 13.0 Å². The first-order chi connectivity index (χ1) is 9.79. The monoisotopic (exact) mass is 264 g/mol. The van der Waals surface area contributed by atoms with Gasteiger partial charge in [0.2, 0.25) is 0 Å². The minimum atomic E-state index is -0.0879. The van der Waals surface area contributed by atoms with E-state index in [2.05, 4.69) is 40.5 Å². The molecule has 0 bridgehead atoms. The van der Waals surface area contributed by atoms with Crippen LogP contribution >= 0.6 is 0 Å². The zero-order valence-corrected chi connectivity index (χ0v) is 11.2. The van der Waals surface area contributed by atoms with Gasteiger partial charge in [-0.25, -0.2) is 5.43 Å². The van der Waals surface area contributed by atoms with Crippen molar-refractivity contribution in [1.29, 1.82) is 0 Å². The zero-order chi connectivity index (χ0) is 13.9. The molecule has 0 aliphatic rings. The molecule has 3 aromatic rings. The molecule has 0 fully saturated rings. The van der Waals surface area contributed by atoms with E-state index in [-0.39, 0.29) is 6.04 Å². The maximum Gasteiger partial charge on any atom is 0.0728 e. The van der Waals surface area contributed by atoms with Gasteiger partial charge in [0.1, 0.15) is 0 Å². The van der Waals surface area contributed by atoms with Crippen LogP contribution in [0.1, 0.15) is 22.7 Å². The Bertz CT molecular complexity index is 739. The Kier molecular flexibility index (Phi) is 3.41. The molecule has 3 N–H and O–H groups in total. The van der Waals surface area contributed by atoms with E-state index in [9.17, 15) is 0 Å². The summed E-state index contributed by atoms with van der Waals surface area (Å²) in [6, 6.07) is 12.1. The van der Waals surface area contributed by atoms with Crippen molar-refractivity contribution in [2.24, 2.45) is 5.84 Å². The Morgan fingerprint density at radius 3 is 2.85 bits per heavy atom. The molecule has 0 radical (unpaired) electrons. The second-order valence-electron chi connectivity index (χ2n) is 4.79. The van der Waals surface area contributed by atoms with Gasteiger partial charge in [0.15, 0.2) is 0 Å². The summed E-state index contributed by atoms with van der Waals surface area (Å²) in [5, 5.41) is 1.12. The fourth-order valence-electron chi connectivity index (χ4n) is 2.41. The predicted molar refractivity (Wildman–Crippen MR) is 79.9 cm³/mol. The minimum absolute atomic E-state index is 0.0879. The summed E-state index contributed by atoms with van der Waals surface area (Å²) < 4.78 is 0. The molecule has 1 aromatic carbocycles. The number of fused-ring (bicyclic) bond motifs is 1. The molecular weight excluding hydrogens is 248 g/mol. The minimum Gasteiger partial charge on any atom is -0.271 e. The Balaban J connectivity index is 2.10. The molecule has 1 atom stereocenters. The molecule has 4 nitrogen and oxygen atoms in total. The number of nitrogens with zero attached hydrogens (tertiary/aromatic N) is 2. The van der Waals surface area contributed by atoms with Crippen molar-refractivity contribution < 1.29 is 0 Å². The number of benzene rings is 1. The van der Waals surface area contributed by atoms with Crippen LogP contribution in [0.25, 0.3) is 10.9 Å². The highest BCUT2D eigenvalue weighted by Crippen LogP contribution is 2.25. The van der Waals surface area contributed by atoms with Crippen LogP contribution in [0.3, 0.4) is 0 Å². The molecule has 0 spiro atoms. The van der Waals surface area contributed by atoms with Crippen molar-refractivity contribution in [3.63, 3.8) is 0 Å². The van der Waals surface area contributed by atoms with E-state index in [1.54, 1.807) is 12.4 Å². The van der Waals surface area contributed by atoms with Crippen molar-refractivity contribution in [1.82, 2.24) is 15.4 Å². The van der Waals surface area contributed by atoms with E-state index < -0.39 is 0 Å². The molecule has 0 saturated heterocycles. The number of hydrogen-bond acceptors (Lipinski definition) is 4. The average molecular weight is 264 g/mol. The summed E-state index contributed by atoms with van der Waals surface area (Å²) in [7, 11) is 0. The van der Waals surface area contributed by atoms with Gasteiger partial charge in [-0.3, -0.25) is 15.8 Å². The predicted octanol–water partition coefficient (Wildman–Crippen LogP) is 2.49. The van der Waals surface area contributed by atoms with E-state index in [4.69, 9.17) is 5.84 Å². The first kappa shape index (κ1) is 12.7. The number of nitrogens with two attached hydrogens (primary N) is 1. The van der Waals surface area contributed by atoms with Crippen LogP contribution in [0.5, 0.6) is 0 Å². The quantitative estimate of drug-likeness (QED) is 0.563. The second-order valence-corrected chi connectivity index (χ2v) is 4.79. The molecule has 0 aliphatic carbocycles. The van der Waals surface area contributed by atoms with Crippen LogP contribution in [0.4, 0.5) is 0 Å². The Morgan fingerprint density at radius 1 is 1.15 bits per heavy atom. The summed E-state index contributed by atoms with van der Waals surface area (Å²) in [5.41, 5.74) is 7.15. The van der Waals surface area contributed by atoms with Crippen molar-refractivity contribution in [3.05, 3.63) is 71.7 Å². The van der Waals surface area contributed by atoms with Gasteiger partial charge in [-0.2, -0.15) is 0 Å². The second kappa shape index (κ2) is 5.36. The molecule has 2 aromatic heterocycles. The Hall–Kier alpha value is -2.30. The number of hydrazine groups is 1. The van der Waals surface area contributed by atoms with Gasteiger partial charge >= 0.3 is 0 Å². The highest BCUT2D eigenvalue weighted by atomic mass is 15.2. The fourth-order valence-corrected chi connectivity index (χ4v) is 2.41. The van der Waals surface area contributed by atoms with Crippen LogP contribution < -0.4 is 11.3 Å². The third kappa shape index (κ3) is 2.27. The van der Waals surface area contributed by atoms with Gasteiger partial charge in [-0.15, -0.1) is 0 Å². The van der Waals surface area contributed by atoms with E-state index >= 15 is 0 Å². The Morgan fingerprint density at radius 2 is 2.05 bits per heavy atom. The number of rotatable bonds is 3. The van der Waals surface area contributed by atoms with E-state index in [0.29, 0.717) is 0 Å². The number of hydrogen-bond donors (Lipinski definition) is 2. The Labute approximate surface area is 117 Å². The maximum atomic E-state index is 5.75. The van der Waals surface area contributed by atoms with Crippen LogP contribution in [0.2, 0.25) is 0 Å². The molecular formula is C16H16N4. The number of pyridine rings is 2. The average Bonchev–Trinajstić information content (AvgIpc) is 2.50. The van der Waals surface area contributed by atoms with Gasteiger partial charge in [-0.05, 0) is 41.8 Å². The van der Waals surface area contributed by atoms with E-state index in [1.807, 2.05) is 24.4 Å². The lowest BCUT2D eigenvalue weighted by atomic mass is 9.96. The number of aryl methyl sites for hydroxylation is 1. The maximum absolute atomic E-state index is 5.75. The first-order valence-electron chi connectivity index (χ1n) is 6.51. The number of nitrogens with one attached hydrogen (secondary N) is 1. The van der Waals surface area contributed by atoms with Crippen molar-refractivity contribution >= 4 is 10.9 Å². The van der Waals surface area contributed by atoms with Crippen LogP contribution in [-0.4, -0.2) is 9.97 Å². The van der Waals surface area contributed by atoms with Crippen LogP contribution in [0, 0.1) is 6.92 Å². The third-order valence-electron chi connectivity index (χ3n) is 3.52. The molecule has 4 heteroatoms. The van der Waals surface area contributed by atoms with Gasteiger partial charge in [0.05, 0.1) is 11.6 Å². The molecule has 0 saturated carbocycles. The molecule has 100 valence electrons. The van der Waals surface area contributed by atoms with Gasteiger partial charge in [0.25, 0.3) is 0 Å². The molecule has 2 heterocycles. The normalized spacial score (nSPS) is 12.5. The number of aromatic nitrogens is 2. The van der Waals surface area contributed by atoms with Crippen LogP contribution in [-0.2, 0) is 0 Å². The molecule has 20 heavy (non-hydrogen) atoms. The largest absolute Gasteiger partial charge is 0.271 e. The smallest absolute Gasteiger partial charge is 0.0728 e. The standard InChI is InChI=1S/C16H16N4/c1-11-6-8-18-10-14(11)16(20-17)13-5-4-12-3-2-7-19-15(12)9-13/h2-10,16,20H,17H2,1H3. The summed E-state index contributed by atoms with van der Waals surface area (Å²) in [6.45, 7) is 2.06.